The zero-order valence-electron chi connectivity index (χ0n) is 25.1. The van der Waals surface area contributed by atoms with Gasteiger partial charge in [-0.3, -0.25) is 0 Å². The molecule has 0 amide bonds. The summed E-state index contributed by atoms with van der Waals surface area (Å²) in [7, 11) is -2.69. The Labute approximate surface area is 270 Å². The van der Waals surface area contributed by atoms with Crippen LogP contribution in [0.5, 0.6) is 23.0 Å². The topological polar surface area (TPSA) is 18.5 Å². The monoisotopic (exact) mass is 604 g/mol. The van der Waals surface area contributed by atoms with Crippen LogP contribution in [-0.2, 0) is 0 Å². The maximum absolute atomic E-state index is 6.84. The number of benzene rings is 7. The van der Waals surface area contributed by atoms with Crippen molar-refractivity contribution < 1.29 is 9.47 Å². The summed E-state index contributed by atoms with van der Waals surface area (Å²) in [5.74, 6) is 3.53. The predicted octanol–water partition coefficient (Wildman–Crippen LogP) is 5.46. The second-order valence-electron chi connectivity index (χ2n) is 12.0. The molecular formula is C42H29BO2Si. The molecule has 7 aromatic rings. The van der Waals surface area contributed by atoms with Gasteiger partial charge in [-0.05, 0) is 61.5 Å². The average Bonchev–Trinajstić information content (AvgIpc) is 3.13. The number of ether oxygens (including phenoxy) is 2. The van der Waals surface area contributed by atoms with E-state index in [9.17, 15) is 0 Å². The molecule has 2 aliphatic rings. The largest absolute Gasteiger partial charge is 0.458 e. The van der Waals surface area contributed by atoms with Crippen LogP contribution in [0.15, 0.2) is 176 Å². The Kier molecular flexibility index (Phi) is 6.29. The van der Waals surface area contributed by atoms with Crippen LogP contribution in [0.2, 0.25) is 0 Å². The van der Waals surface area contributed by atoms with Crippen molar-refractivity contribution in [3.63, 3.8) is 0 Å². The maximum Gasteiger partial charge on any atom is 0.260 e. The summed E-state index contributed by atoms with van der Waals surface area (Å²) in [5, 5.41) is 5.39. The zero-order valence-corrected chi connectivity index (χ0v) is 26.1. The van der Waals surface area contributed by atoms with Crippen LogP contribution in [0.4, 0.5) is 0 Å². The third kappa shape index (κ3) is 4.04. The molecule has 2 nitrogen and oxygen atoms in total. The molecule has 4 heteroatoms. The third-order valence-corrected chi connectivity index (χ3v) is 14.3. The first-order valence-corrected chi connectivity index (χ1v) is 17.8. The molecule has 0 aliphatic carbocycles. The molecule has 0 spiro atoms. The number of hydrogen-bond acceptors (Lipinski definition) is 2. The first-order valence-electron chi connectivity index (χ1n) is 15.8. The SMILES string of the molecule is c1ccc([Si](c2ccccc2)(c2ccccc2)c2cccc(-c3ccc4c5c3Oc3ccccc3B5c3ccccc3O4)c2)cc1. The predicted molar refractivity (Wildman–Crippen MR) is 193 cm³/mol. The van der Waals surface area contributed by atoms with E-state index in [1.54, 1.807) is 0 Å². The summed E-state index contributed by atoms with van der Waals surface area (Å²) in [6.07, 6.45) is 0. The Morgan fingerprint density at radius 2 is 0.891 bits per heavy atom. The van der Waals surface area contributed by atoms with E-state index in [-0.39, 0.29) is 6.71 Å². The van der Waals surface area contributed by atoms with E-state index >= 15 is 0 Å². The van der Waals surface area contributed by atoms with Gasteiger partial charge in [-0.2, -0.15) is 0 Å². The highest BCUT2D eigenvalue weighted by atomic mass is 28.3. The summed E-state index contributed by atoms with van der Waals surface area (Å²) in [5.41, 5.74) is 5.63. The smallest absolute Gasteiger partial charge is 0.260 e. The van der Waals surface area contributed by atoms with E-state index in [0.717, 1.165) is 39.6 Å². The molecule has 0 unspecified atom stereocenters. The molecule has 7 aromatic carbocycles. The second kappa shape index (κ2) is 10.8. The number of rotatable bonds is 5. The van der Waals surface area contributed by atoms with E-state index in [2.05, 4.69) is 170 Å². The number of fused-ring (bicyclic) bond motifs is 4. The van der Waals surface area contributed by atoms with Gasteiger partial charge in [-0.25, -0.2) is 0 Å². The Morgan fingerprint density at radius 3 is 1.48 bits per heavy atom. The van der Waals surface area contributed by atoms with Gasteiger partial charge in [-0.1, -0.05) is 152 Å². The standard InChI is InChI=1S/C42H29BO2Si/c1-4-16-31(17-5-1)46(32-18-6-2-7-19-32,33-20-8-3-9-21-33)34-22-14-15-30(29-34)35-27-28-40-41-42(35)45-39-26-13-11-24-37(39)43(41)36-23-10-12-25-38(36)44-40/h1-29H. The second-order valence-corrected chi connectivity index (χ2v) is 15.8. The number of hydrogen-bond donors (Lipinski definition) is 0. The lowest BCUT2D eigenvalue weighted by Crippen LogP contribution is -2.74. The van der Waals surface area contributed by atoms with Crippen molar-refractivity contribution in [2.75, 3.05) is 0 Å². The molecule has 2 heterocycles. The fourth-order valence-corrected chi connectivity index (χ4v) is 12.4. The van der Waals surface area contributed by atoms with Crippen molar-refractivity contribution in [2.45, 2.75) is 0 Å². The molecule has 0 N–H and O–H groups in total. The summed E-state index contributed by atoms with van der Waals surface area (Å²) in [6.45, 7) is 0.0365. The summed E-state index contributed by atoms with van der Waals surface area (Å²) < 4.78 is 13.3. The lowest BCUT2D eigenvalue weighted by molar-refractivity contribution is 0.465. The van der Waals surface area contributed by atoms with Gasteiger partial charge in [0, 0.05) is 11.0 Å². The van der Waals surface area contributed by atoms with Crippen LogP contribution in [-0.4, -0.2) is 14.8 Å². The molecule has 46 heavy (non-hydrogen) atoms. The molecular weight excluding hydrogens is 575 g/mol. The highest BCUT2D eigenvalue weighted by molar-refractivity contribution is 7.19. The van der Waals surface area contributed by atoms with Crippen LogP contribution < -0.4 is 46.6 Å². The van der Waals surface area contributed by atoms with Gasteiger partial charge in [-0.15, -0.1) is 0 Å². The van der Waals surface area contributed by atoms with E-state index in [4.69, 9.17) is 9.47 Å². The minimum Gasteiger partial charge on any atom is -0.458 e. The fourth-order valence-electron chi connectivity index (χ4n) is 7.60. The quantitative estimate of drug-likeness (QED) is 0.192. The minimum absolute atomic E-state index is 0.0365. The Hall–Kier alpha value is -5.58. The summed E-state index contributed by atoms with van der Waals surface area (Å²) in [4.78, 5) is 0. The van der Waals surface area contributed by atoms with Crippen molar-refractivity contribution in [2.24, 2.45) is 0 Å². The van der Waals surface area contributed by atoms with E-state index in [1.165, 1.54) is 31.7 Å². The molecule has 0 radical (unpaired) electrons. The highest BCUT2D eigenvalue weighted by Gasteiger charge is 2.43. The summed E-state index contributed by atoms with van der Waals surface area (Å²) in [6, 6.07) is 63.5. The van der Waals surface area contributed by atoms with Crippen LogP contribution >= 0.6 is 0 Å². The Bertz CT molecular complexity index is 2110. The van der Waals surface area contributed by atoms with E-state index in [1.807, 2.05) is 6.07 Å². The zero-order chi connectivity index (χ0) is 30.5. The normalized spacial score (nSPS) is 12.7. The molecule has 0 atom stereocenters. The molecule has 2 aliphatic heterocycles. The molecule has 0 saturated heterocycles. The first-order chi connectivity index (χ1) is 22.8. The van der Waals surface area contributed by atoms with Gasteiger partial charge in [0.15, 0.2) is 8.07 Å². The maximum atomic E-state index is 6.84. The van der Waals surface area contributed by atoms with Crippen molar-refractivity contribution >= 4 is 51.9 Å². The van der Waals surface area contributed by atoms with Crippen LogP contribution in [0.25, 0.3) is 11.1 Å². The highest BCUT2D eigenvalue weighted by Crippen LogP contribution is 2.40. The molecule has 0 fully saturated rings. The third-order valence-electron chi connectivity index (χ3n) is 9.56. The molecule has 0 saturated carbocycles. The van der Waals surface area contributed by atoms with E-state index < -0.39 is 8.07 Å². The van der Waals surface area contributed by atoms with Gasteiger partial charge in [0.2, 0.25) is 0 Å². The average molecular weight is 605 g/mol. The lowest BCUT2D eigenvalue weighted by atomic mass is 9.34. The van der Waals surface area contributed by atoms with Gasteiger partial charge in [0.05, 0.1) is 0 Å². The van der Waals surface area contributed by atoms with Gasteiger partial charge in [0.25, 0.3) is 6.71 Å². The van der Waals surface area contributed by atoms with E-state index in [0.29, 0.717) is 0 Å². The first kappa shape index (κ1) is 26.8. The molecule has 0 aromatic heterocycles. The molecule has 216 valence electrons. The minimum atomic E-state index is -2.69. The fraction of sp³-hybridized carbons (Fsp3) is 0. The van der Waals surface area contributed by atoms with Crippen LogP contribution in [0.1, 0.15) is 0 Å². The Balaban J connectivity index is 1.29. The van der Waals surface area contributed by atoms with Crippen molar-refractivity contribution in [3.8, 4) is 34.1 Å². The van der Waals surface area contributed by atoms with Crippen LogP contribution in [0.3, 0.4) is 0 Å². The number of para-hydroxylation sites is 2. The molecule has 9 rings (SSSR count). The Morgan fingerprint density at radius 1 is 0.391 bits per heavy atom. The van der Waals surface area contributed by atoms with Crippen LogP contribution in [0, 0.1) is 0 Å². The summed E-state index contributed by atoms with van der Waals surface area (Å²) >= 11 is 0. The van der Waals surface area contributed by atoms with Crippen molar-refractivity contribution in [3.05, 3.63) is 176 Å². The van der Waals surface area contributed by atoms with Gasteiger partial charge >= 0.3 is 0 Å². The lowest BCUT2D eigenvalue weighted by Gasteiger charge is -2.35. The van der Waals surface area contributed by atoms with Crippen molar-refractivity contribution in [1.29, 1.82) is 0 Å². The van der Waals surface area contributed by atoms with Crippen molar-refractivity contribution in [1.82, 2.24) is 0 Å². The molecule has 0 bridgehead atoms. The van der Waals surface area contributed by atoms with Gasteiger partial charge in [0.1, 0.15) is 23.0 Å². The van der Waals surface area contributed by atoms with Gasteiger partial charge < -0.3 is 9.47 Å².